The van der Waals surface area contributed by atoms with E-state index in [4.69, 9.17) is 15.2 Å². The van der Waals surface area contributed by atoms with E-state index in [-0.39, 0.29) is 30.1 Å². The number of rotatable bonds is 3. The molecule has 0 radical (unpaired) electrons. The molecule has 1 amide bonds. The molecular formula is C20H29N3O4. The Hall–Kier alpha value is -2.44. The van der Waals surface area contributed by atoms with Crippen LogP contribution in [0.2, 0.25) is 0 Å². The maximum absolute atomic E-state index is 12.2. The van der Waals surface area contributed by atoms with Crippen molar-refractivity contribution in [3.05, 3.63) is 17.7 Å². The molecule has 1 heterocycles. The Bertz CT molecular complexity index is 713. The molecule has 1 fully saturated rings. The van der Waals surface area contributed by atoms with E-state index in [2.05, 4.69) is 5.32 Å². The molecule has 1 aromatic carbocycles. The second-order valence-corrected chi connectivity index (χ2v) is 7.47. The number of nitrogens with zero attached hydrogens (tertiary/aromatic N) is 1. The highest BCUT2D eigenvalue weighted by molar-refractivity contribution is 5.93. The lowest BCUT2D eigenvalue weighted by molar-refractivity contribution is -0.146. The van der Waals surface area contributed by atoms with Crippen molar-refractivity contribution in [2.45, 2.75) is 57.5 Å². The fourth-order valence-electron chi connectivity index (χ4n) is 4.22. The van der Waals surface area contributed by atoms with E-state index < -0.39 is 0 Å². The molecule has 0 spiro atoms. The first-order chi connectivity index (χ1) is 13.0. The van der Waals surface area contributed by atoms with Crippen LogP contribution in [0.4, 0.5) is 21.9 Å². The summed E-state index contributed by atoms with van der Waals surface area (Å²) in [5.74, 6) is -0.109. The van der Waals surface area contributed by atoms with Crippen molar-refractivity contribution in [1.82, 2.24) is 0 Å². The predicted molar refractivity (Wildman–Crippen MR) is 105 cm³/mol. The van der Waals surface area contributed by atoms with E-state index in [0.717, 1.165) is 55.5 Å². The number of anilines is 3. The SMILES string of the molecule is COC(=O)C1CCC(Nc2ccc3c(c2N)CC[C@H](C)N3C(=O)OC)CC1. The third-order valence-corrected chi connectivity index (χ3v) is 5.84. The Balaban J connectivity index is 1.74. The monoisotopic (exact) mass is 375 g/mol. The van der Waals surface area contributed by atoms with Gasteiger partial charge in [0, 0.05) is 17.6 Å². The molecule has 7 nitrogen and oxygen atoms in total. The minimum absolute atomic E-state index is 0.00373. The van der Waals surface area contributed by atoms with E-state index in [0.29, 0.717) is 5.69 Å². The molecule has 0 aromatic heterocycles. The highest BCUT2D eigenvalue weighted by atomic mass is 16.5. The predicted octanol–water partition coefficient (Wildman–Crippen LogP) is 3.32. The number of nitrogen functional groups attached to an aromatic ring is 1. The van der Waals surface area contributed by atoms with Gasteiger partial charge in [0.05, 0.1) is 37.2 Å². The second-order valence-electron chi connectivity index (χ2n) is 7.47. The van der Waals surface area contributed by atoms with E-state index in [9.17, 15) is 9.59 Å². The van der Waals surface area contributed by atoms with Crippen LogP contribution in [0.3, 0.4) is 0 Å². The van der Waals surface area contributed by atoms with Crippen LogP contribution in [0.15, 0.2) is 12.1 Å². The first kappa shape index (κ1) is 19.3. The van der Waals surface area contributed by atoms with Gasteiger partial charge in [-0.05, 0) is 57.6 Å². The molecule has 1 saturated carbocycles. The number of carbonyl (C=O) groups excluding carboxylic acids is 2. The van der Waals surface area contributed by atoms with Gasteiger partial charge in [-0.15, -0.1) is 0 Å². The zero-order valence-corrected chi connectivity index (χ0v) is 16.3. The summed E-state index contributed by atoms with van der Waals surface area (Å²) in [7, 11) is 2.84. The molecule has 1 aliphatic heterocycles. The molecule has 0 bridgehead atoms. The van der Waals surface area contributed by atoms with Gasteiger partial charge in [-0.3, -0.25) is 9.69 Å². The number of esters is 1. The Morgan fingerprint density at radius 3 is 2.44 bits per heavy atom. The summed E-state index contributed by atoms with van der Waals surface area (Å²) in [4.78, 5) is 25.5. The number of hydrogen-bond acceptors (Lipinski definition) is 6. The third kappa shape index (κ3) is 3.82. The largest absolute Gasteiger partial charge is 0.469 e. The third-order valence-electron chi connectivity index (χ3n) is 5.84. The smallest absolute Gasteiger partial charge is 0.414 e. The van der Waals surface area contributed by atoms with E-state index in [1.807, 2.05) is 19.1 Å². The van der Waals surface area contributed by atoms with Gasteiger partial charge in [0.15, 0.2) is 0 Å². The van der Waals surface area contributed by atoms with Crippen LogP contribution in [0.25, 0.3) is 0 Å². The highest BCUT2D eigenvalue weighted by Gasteiger charge is 2.31. The van der Waals surface area contributed by atoms with Gasteiger partial charge in [-0.2, -0.15) is 0 Å². The Morgan fingerprint density at radius 2 is 1.81 bits per heavy atom. The van der Waals surface area contributed by atoms with Gasteiger partial charge in [0.2, 0.25) is 0 Å². The fourth-order valence-corrected chi connectivity index (χ4v) is 4.22. The molecule has 7 heteroatoms. The van der Waals surface area contributed by atoms with Crippen molar-refractivity contribution in [2.75, 3.05) is 30.2 Å². The van der Waals surface area contributed by atoms with Gasteiger partial charge < -0.3 is 20.5 Å². The summed E-state index contributed by atoms with van der Waals surface area (Å²) in [6, 6.07) is 4.25. The lowest BCUT2D eigenvalue weighted by Crippen LogP contribution is -2.42. The number of hydrogen-bond donors (Lipinski definition) is 2. The van der Waals surface area contributed by atoms with Crippen LogP contribution in [-0.4, -0.2) is 38.4 Å². The molecule has 0 saturated heterocycles. The van der Waals surface area contributed by atoms with Gasteiger partial charge in [0.25, 0.3) is 0 Å². The molecule has 27 heavy (non-hydrogen) atoms. The Labute approximate surface area is 160 Å². The first-order valence-corrected chi connectivity index (χ1v) is 9.59. The maximum Gasteiger partial charge on any atom is 0.414 e. The van der Waals surface area contributed by atoms with Gasteiger partial charge >= 0.3 is 12.1 Å². The summed E-state index contributed by atoms with van der Waals surface area (Å²) < 4.78 is 9.79. The molecule has 1 aromatic rings. The van der Waals surface area contributed by atoms with Crippen LogP contribution < -0.4 is 16.0 Å². The van der Waals surface area contributed by atoms with E-state index in [1.54, 1.807) is 4.90 Å². The summed E-state index contributed by atoms with van der Waals surface area (Å²) in [6.45, 7) is 2.02. The average molecular weight is 375 g/mol. The lowest BCUT2D eigenvalue weighted by Gasteiger charge is -2.35. The number of carbonyl (C=O) groups is 2. The topological polar surface area (TPSA) is 93.9 Å². The number of nitrogens with two attached hydrogens (primary N) is 1. The minimum atomic E-state index is -0.357. The molecule has 1 atom stereocenters. The second kappa shape index (κ2) is 8.06. The zero-order valence-electron chi connectivity index (χ0n) is 16.3. The van der Waals surface area contributed by atoms with Gasteiger partial charge in [-0.1, -0.05) is 0 Å². The summed E-state index contributed by atoms with van der Waals surface area (Å²) in [5, 5.41) is 3.53. The Morgan fingerprint density at radius 1 is 1.11 bits per heavy atom. The van der Waals surface area contributed by atoms with Crippen molar-refractivity contribution < 1.29 is 19.1 Å². The molecule has 3 N–H and O–H groups in total. The molecule has 3 rings (SSSR count). The van der Waals surface area contributed by atoms with Crippen LogP contribution in [0, 0.1) is 5.92 Å². The minimum Gasteiger partial charge on any atom is -0.469 e. The van der Waals surface area contributed by atoms with Crippen LogP contribution in [0.1, 0.15) is 44.6 Å². The van der Waals surface area contributed by atoms with Crippen molar-refractivity contribution in [2.24, 2.45) is 5.92 Å². The van der Waals surface area contributed by atoms with Gasteiger partial charge in [0.1, 0.15) is 0 Å². The maximum atomic E-state index is 12.2. The quantitative estimate of drug-likeness (QED) is 0.622. The lowest BCUT2D eigenvalue weighted by atomic mass is 9.86. The van der Waals surface area contributed by atoms with Crippen molar-refractivity contribution in [1.29, 1.82) is 0 Å². The number of ether oxygens (including phenoxy) is 2. The summed E-state index contributed by atoms with van der Waals surface area (Å²) in [6.07, 6.45) is 4.78. The van der Waals surface area contributed by atoms with Gasteiger partial charge in [-0.25, -0.2) is 4.79 Å². The first-order valence-electron chi connectivity index (χ1n) is 9.59. The van der Waals surface area contributed by atoms with Crippen molar-refractivity contribution in [3.63, 3.8) is 0 Å². The number of fused-ring (bicyclic) bond motifs is 1. The summed E-state index contributed by atoms with van der Waals surface area (Å²) in [5.41, 5.74) is 9.87. The number of methoxy groups -OCH3 is 2. The highest BCUT2D eigenvalue weighted by Crippen LogP contribution is 2.39. The average Bonchev–Trinajstić information content (AvgIpc) is 2.69. The van der Waals surface area contributed by atoms with Crippen molar-refractivity contribution in [3.8, 4) is 0 Å². The number of benzene rings is 1. The molecule has 1 aliphatic carbocycles. The molecule has 2 aliphatic rings. The van der Waals surface area contributed by atoms with Crippen LogP contribution in [-0.2, 0) is 20.7 Å². The van der Waals surface area contributed by atoms with Crippen LogP contribution >= 0.6 is 0 Å². The Kier molecular flexibility index (Phi) is 5.77. The number of amides is 1. The fraction of sp³-hybridized carbons (Fsp3) is 0.600. The number of nitrogens with one attached hydrogen (secondary N) is 1. The molecule has 0 unspecified atom stereocenters. The molecular weight excluding hydrogens is 346 g/mol. The molecule has 148 valence electrons. The standard InChI is InChI=1S/C20H29N3O4/c1-12-4-9-15-17(23(12)20(25)27-3)11-10-16(18(15)21)22-14-7-5-13(6-8-14)19(24)26-2/h10-14,22H,4-9,21H2,1-3H3/t12-,13?,14?/m0/s1. The zero-order chi connectivity index (χ0) is 19.6. The van der Waals surface area contributed by atoms with E-state index in [1.165, 1.54) is 14.2 Å². The van der Waals surface area contributed by atoms with Crippen molar-refractivity contribution >= 4 is 29.1 Å². The van der Waals surface area contributed by atoms with E-state index >= 15 is 0 Å². The summed E-state index contributed by atoms with van der Waals surface area (Å²) >= 11 is 0. The normalized spacial score (nSPS) is 24.7. The van der Waals surface area contributed by atoms with Crippen LogP contribution in [0.5, 0.6) is 0 Å².